The summed E-state index contributed by atoms with van der Waals surface area (Å²) in [6, 6.07) is 0.805. The van der Waals surface area contributed by atoms with Crippen LogP contribution in [0.15, 0.2) is 0 Å². The summed E-state index contributed by atoms with van der Waals surface area (Å²) >= 11 is 1.83. The average molecular weight is 240 g/mol. The first kappa shape index (κ1) is 13.9. The van der Waals surface area contributed by atoms with Crippen LogP contribution in [0.3, 0.4) is 0 Å². The molecule has 0 radical (unpaired) electrons. The molecule has 1 atom stereocenters. The zero-order valence-corrected chi connectivity index (χ0v) is 11.2. The molecule has 92 valence electrons. The Labute approximate surface area is 105 Å². The van der Waals surface area contributed by atoms with E-state index in [1.54, 1.807) is 0 Å². The molecule has 1 rings (SSSR count). The van der Waals surface area contributed by atoms with Gasteiger partial charge in [-0.15, -0.1) is 18.2 Å². The monoisotopic (exact) mass is 240 g/mol. The van der Waals surface area contributed by atoms with Gasteiger partial charge in [-0.1, -0.05) is 12.3 Å². The Kier molecular flexibility index (Phi) is 7.75. The van der Waals surface area contributed by atoms with E-state index >= 15 is 0 Å². The maximum atomic E-state index is 5.19. The molecule has 0 aliphatic carbocycles. The molecule has 2 nitrogen and oxygen atoms in total. The smallest absolute Gasteiger partial charge is 0.0545 e. The van der Waals surface area contributed by atoms with Crippen molar-refractivity contribution in [3.05, 3.63) is 0 Å². The van der Waals surface area contributed by atoms with Gasteiger partial charge in [-0.3, -0.25) is 0 Å². The van der Waals surface area contributed by atoms with Crippen LogP contribution in [0.4, 0.5) is 0 Å². The summed E-state index contributed by atoms with van der Waals surface area (Å²) in [6.45, 7) is 3.51. The largest absolute Gasteiger partial charge is 0.316 e. The van der Waals surface area contributed by atoms with E-state index in [2.05, 4.69) is 23.2 Å². The second-order valence-electron chi connectivity index (χ2n) is 4.43. The molecular formula is C13H24N2S. The van der Waals surface area contributed by atoms with Crippen molar-refractivity contribution in [1.82, 2.24) is 10.2 Å². The van der Waals surface area contributed by atoms with Gasteiger partial charge in [-0.25, -0.2) is 0 Å². The van der Waals surface area contributed by atoms with E-state index in [0.717, 1.165) is 30.6 Å². The number of hydrogen-bond acceptors (Lipinski definition) is 3. The van der Waals surface area contributed by atoms with Crippen LogP contribution in [0.5, 0.6) is 0 Å². The molecule has 1 N–H and O–H groups in total. The van der Waals surface area contributed by atoms with Gasteiger partial charge in [0.15, 0.2) is 0 Å². The quantitative estimate of drug-likeness (QED) is 0.540. The van der Waals surface area contributed by atoms with Gasteiger partial charge in [0.2, 0.25) is 0 Å². The molecule has 16 heavy (non-hydrogen) atoms. The van der Waals surface area contributed by atoms with Crippen molar-refractivity contribution in [2.45, 2.75) is 31.7 Å². The van der Waals surface area contributed by atoms with E-state index in [0.29, 0.717) is 0 Å². The highest BCUT2D eigenvalue weighted by Gasteiger charge is 2.17. The normalized spacial score (nSPS) is 21.9. The Bertz CT molecular complexity index is 212. The Morgan fingerprint density at radius 3 is 3.06 bits per heavy atom. The predicted octanol–water partition coefficient (Wildman–Crippen LogP) is 1.82. The van der Waals surface area contributed by atoms with Gasteiger partial charge in [-0.2, -0.15) is 0 Å². The maximum Gasteiger partial charge on any atom is 0.0545 e. The van der Waals surface area contributed by atoms with E-state index in [1.165, 1.54) is 32.2 Å². The fraction of sp³-hybridized carbons (Fsp3) is 0.846. The number of nitrogens with one attached hydrogen (secondary N) is 1. The van der Waals surface area contributed by atoms with Crippen molar-refractivity contribution in [1.29, 1.82) is 0 Å². The predicted molar refractivity (Wildman–Crippen MR) is 73.9 cm³/mol. The Morgan fingerprint density at radius 2 is 2.31 bits per heavy atom. The number of thioether (sulfide) groups is 1. The van der Waals surface area contributed by atoms with E-state index in [1.807, 2.05) is 11.8 Å². The standard InChI is InChI=1S/C13H24N2S/c1-3-11-16-12-9-14-8-7-13-6-4-5-10-15(13)2/h1,13-14H,4-12H2,2H3. The van der Waals surface area contributed by atoms with Crippen LogP contribution in [-0.4, -0.2) is 49.1 Å². The molecular weight excluding hydrogens is 216 g/mol. The van der Waals surface area contributed by atoms with Gasteiger partial charge in [0, 0.05) is 18.3 Å². The summed E-state index contributed by atoms with van der Waals surface area (Å²) in [5.41, 5.74) is 0. The average Bonchev–Trinajstić information content (AvgIpc) is 2.30. The molecule has 1 aliphatic heterocycles. The van der Waals surface area contributed by atoms with Crippen molar-refractivity contribution in [2.24, 2.45) is 0 Å². The fourth-order valence-corrected chi connectivity index (χ4v) is 2.73. The zero-order chi connectivity index (χ0) is 11.6. The summed E-state index contributed by atoms with van der Waals surface area (Å²) in [5.74, 6) is 4.61. The Hall–Kier alpha value is -0.170. The highest BCUT2D eigenvalue weighted by molar-refractivity contribution is 7.99. The summed E-state index contributed by atoms with van der Waals surface area (Å²) in [7, 11) is 2.26. The van der Waals surface area contributed by atoms with Gasteiger partial charge in [0.05, 0.1) is 5.75 Å². The Balaban J connectivity index is 1.92. The molecule has 1 heterocycles. The van der Waals surface area contributed by atoms with Crippen molar-refractivity contribution in [3.63, 3.8) is 0 Å². The van der Waals surface area contributed by atoms with Crippen LogP contribution in [0.25, 0.3) is 0 Å². The SMILES string of the molecule is C#CCSCCNCCC1CCCCN1C. The summed E-state index contributed by atoms with van der Waals surface area (Å²) in [4.78, 5) is 2.51. The van der Waals surface area contributed by atoms with Crippen LogP contribution in [-0.2, 0) is 0 Å². The minimum atomic E-state index is 0.805. The molecule has 0 amide bonds. The number of piperidine rings is 1. The first-order chi connectivity index (χ1) is 7.84. The van der Waals surface area contributed by atoms with Crippen molar-refractivity contribution >= 4 is 11.8 Å². The van der Waals surface area contributed by atoms with Crippen LogP contribution in [0, 0.1) is 12.3 Å². The fourth-order valence-electron chi connectivity index (χ4n) is 2.18. The highest BCUT2D eigenvalue weighted by atomic mass is 32.2. The molecule has 0 aromatic rings. The zero-order valence-electron chi connectivity index (χ0n) is 10.4. The van der Waals surface area contributed by atoms with E-state index in [-0.39, 0.29) is 0 Å². The van der Waals surface area contributed by atoms with Gasteiger partial charge in [0.25, 0.3) is 0 Å². The topological polar surface area (TPSA) is 15.3 Å². The Morgan fingerprint density at radius 1 is 1.44 bits per heavy atom. The molecule has 0 bridgehead atoms. The van der Waals surface area contributed by atoms with Crippen LogP contribution >= 0.6 is 11.8 Å². The van der Waals surface area contributed by atoms with Gasteiger partial charge >= 0.3 is 0 Å². The van der Waals surface area contributed by atoms with Crippen molar-refractivity contribution < 1.29 is 0 Å². The minimum Gasteiger partial charge on any atom is -0.316 e. The molecule has 1 fully saturated rings. The number of hydrogen-bond donors (Lipinski definition) is 1. The summed E-state index contributed by atoms with van der Waals surface area (Å²) < 4.78 is 0. The van der Waals surface area contributed by atoms with Crippen molar-refractivity contribution in [3.8, 4) is 12.3 Å². The van der Waals surface area contributed by atoms with E-state index in [4.69, 9.17) is 6.42 Å². The van der Waals surface area contributed by atoms with Gasteiger partial charge in [0.1, 0.15) is 0 Å². The third-order valence-corrected chi connectivity index (χ3v) is 4.05. The molecule has 0 aromatic carbocycles. The number of terminal acetylenes is 1. The van der Waals surface area contributed by atoms with Crippen LogP contribution in [0.2, 0.25) is 0 Å². The molecule has 1 aliphatic rings. The second kappa shape index (κ2) is 8.92. The maximum absolute atomic E-state index is 5.19. The van der Waals surface area contributed by atoms with Crippen LogP contribution < -0.4 is 5.32 Å². The summed E-state index contributed by atoms with van der Waals surface area (Å²) in [5, 5.41) is 3.50. The first-order valence-electron chi connectivity index (χ1n) is 6.26. The lowest BCUT2D eigenvalue weighted by Crippen LogP contribution is -2.38. The third-order valence-electron chi connectivity index (χ3n) is 3.18. The molecule has 0 saturated carbocycles. The third kappa shape index (κ3) is 5.79. The van der Waals surface area contributed by atoms with Gasteiger partial charge in [-0.05, 0) is 39.4 Å². The molecule has 1 unspecified atom stereocenters. The minimum absolute atomic E-state index is 0.805. The van der Waals surface area contributed by atoms with E-state index in [9.17, 15) is 0 Å². The lowest BCUT2D eigenvalue weighted by molar-refractivity contribution is 0.176. The molecule has 1 saturated heterocycles. The van der Waals surface area contributed by atoms with E-state index < -0.39 is 0 Å². The molecule has 3 heteroatoms. The number of rotatable bonds is 7. The second-order valence-corrected chi connectivity index (χ2v) is 5.53. The highest BCUT2D eigenvalue weighted by Crippen LogP contribution is 2.16. The first-order valence-corrected chi connectivity index (χ1v) is 7.42. The molecule has 0 aromatic heterocycles. The number of nitrogens with zero attached hydrogens (tertiary/aromatic N) is 1. The number of likely N-dealkylation sites (tertiary alicyclic amines) is 1. The molecule has 0 spiro atoms. The summed E-state index contributed by atoms with van der Waals surface area (Å²) in [6.07, 6.45) is 10.6. The van der Waals surface area contributed by atoms with Gasteiger partial charge < -0.3 is 10.2 Å². The van der Waals surface area contributed by atoms with Crippen LogP contribution in [0.1, 0.15) is 25.7 Å². The van der Waals surface area contributed by atoms with Crippen molar-refractivity contribution in [2.75, 3.05) is 38.2 Å². The lowest BCUT2D eigenvalue weighted by Gasteiger charge is -2.32. The lowest BCUT2D eigenvalue weighted by atomic mass is 10.0.